The summed E-state index contributed by atoms with van der Waals surface area (Å²) in [6, 6.07) is 0. The van der Waals surface area contributed by atoms with Crippen LogP contribution in [-0.4, -0.2) is 60.8 Å². The summed E-state index contributed by atoms with van der Waals surface area (Å²) in [5, 5.41) is 9.25. The molecule has 126 valence electrons. The lowest BCUT2D eigenvalue weighted by molar-refractivity contribution is 0.132. The van der Waals surface area contributed by atoms with Crippen LogP contribution in [0, 0.1) is 11.3 Å². The van der Waals surface area contributed by atoms with Crippen LogP contribution < -0.4 is 0 Å². The summed E-state index contributed by atoms with van der Waals surface area (Å²) in [4.78, 5) is 5.15. The molecule has 3 nitrogen and oxygen atoms in total. The van der Waals surface area contributed by atoms with Gasteiger partial charge in [0.05, 0.1) is 0 Å². The Morgan fingerprint density at radius 1 is 0.952 bits per heavy atom. The first-order valence-corrected chi connectivity index (χ1v) is 9.00. The summed E-state index contributed by atoms with van der Waals surface area (Å²) in [5.74, 6) is 0.714. The molecule has 0 radical (unpaired) electrons. The van der Waals surface area contributed by atoms with E-state index in [1.165, 1.54) is 65.0 Å². The first-order chi connectivity index (χ1) is 9.94. The highest BCUT2D eigenvalue weighted by atomic mass is 16.3. The van der Waals surface area contributed by atoms with Crippen molar-refractivity contribution in [2.75, 3.05) is 45.9 Å². The molecule has 1 heterocycles. The van der Waals surface area contributed by atoms with E-state index >= 15 is 0 Å². The van der Waals surface area contributed by atoms with Crippen molar-refractivity contribution in [3.05, 3.63) is 0 Å². The molecule has 1 rings (SSSR count). The minimum atomic E-state index is 0.351. The molecule has 21 heavy (non-hydrogen) atoms. The van der Waals surface area contributed by atoms with Crippen LogP contribution in [0.5, 0.6) is 0 Å². The number of likely N-dealkylation sites (N-methyl/N-ethyl adjacent to an activating group) is 1. The molecule has 1 saturated heterocycles. The first kappa shape index (κ1) is 18.9. The van der Waals surface area contributed by atoms with Crippen LogP contribution in [0.4, 0.5) is 0 Å². The van der Waals surface area contributed by atoms with Crippen molar-refractivity contribution in [2.45, 2.75) is 59.8 Å². The monoisotopic (exact) mass is 298 g/mol. The van der Waals surface area contributed by atoms with Crippen LogP contribution in [0.2, 0.25) is 0 Å². The zero-order valence-electron chi connectivity index (χ0n) is 14.9. The molecule has 0 aliphatic carbocycles. The maximum Gasteiger partial charge on any atom is 0.0433 e. The summed E-state index contributed by atoms with van der Waals surface area (Å²) < 4.78 is 0. The lowest BCUT2D eigenvalue weighted by Gasteiger charge is -2.34. The standard InChI is InChI=1S/C18H38N2O/c1-5-19-12-14-20(15-13-19)11-6-7-17(9-16-21)8-10-18(2,3)4/h17,21H,5-16H2,1-4H3/t17-/m0/s1. The van der Waals surface area contributed by atoms with Crippen molar-refractivity contribution in [3.8, 4) is 0 Å². The smallest absolute Gasteiger partial charge is 0.0433 e. The van der Waals surface area contributed by atoms with Gasteiger partial charge in [-0.1, -0.05) is 27.7 Å². The predicted octanol–water partition coefficient (Wildman–Crippen LogP) is 3.23. The fraction of sp³-hybridized carbons (Fsp3) is 1.00. The molecule has 0 saturated carbocycles. The first-order valence-electron chi connectivity index (χ1n) is 9.00. The van der Waals surface area contributed by atoms with Gasteiger partial charge in [-0.25, -0.2) is 0 Å². The molecular weight excluding hydrogens is 260 g/mol. The molecule has 1 aliphatic heterocycles. The summed E-state index contributed by atoms with van der Waals surface area (Å²) in [5.41, 5.74) is 0.421. The van der Waals surface area contributed by atoms with Gasteiger partial charge in [0.1, 0.15) is 0 Å². The second-order valence-corrected chi connectivity index (χ2v) is 7.90. The van der Waals surface area contributed by atoms with Gasteiger partial charge in [0.25, 0.3) is 0 Å². The topological polar surface area (TPSA) is 26.7 Å². The quantitative estimate of drug-likeness (QED) is 0.708. The van der Waals surface area contributed by atoms with Gasteiger partial charge in [-0.2, -0.15) is 0 Å². The van der Waals surface area contributed by atoms with E-state index in [1.54, 1.807) is 0 Å². The largest absolute Gasteiger partial charge is 0.396 e. The molecule has 0 spiro atoms. The van der Waals surface area contributed by atoms with Crippen LogP contribution in [0.25, 0.3) is 0 Å². The average molecular weight is 299 g/mol. The molecule has 1 fully saturated rings. The molecule has 3 heteroatoms. The lowest BCUT2D eigenvalue weighted by atomic mass is 9.84. The maximum atomic E-state index is 9.25. The average Bonchev–Trinajstić information content (AvgIpc) is 2.44. The van der Waals surface area contributed by atoms with Crippen molar-refractivity contribution in [2.24, 2.45) is 11.3 Å². The van der Waals surface area contributed by atoms with Gasteiger partial charge < -0.3 is 14.9 Å². The number of hydrogen-bond acceptors (Lipinski definition) is 3. The highest BCUT2D eigenvalue weighted by Crippen LogP contribution is 2.27. The van der Waals surface area contributed by atoms with Crippen LogP contribution in [0.1, 0.15) is 59.8 Å². The minimum Gasteiger partial charge on any atom is -0.396 e. The summed E-state index contributed by atoms with van der Waals surface area (Å²) >= 11 is 0. The van der Waals surface area contributed by atoms with Crippen molar-refractivity contribution in [1.82, 2.24) is 9.80 Å². The molecule has 0 bridgehead atoms. The molecule has 1 aliphatic rings. The predicted molar refractivity (Wildman–Crippen MR) is 91.7 cm³/mol. The van der Waals surface area contributed by atoms with Crippen molar-refractivity contribution in [1.29, 1.82) is 0 Å². The molecule has 0 unspecified atom stereocenters. The van der Waals surface area contributed by atoms with E-state index in [0.717, 1.165) is 6.42 Å². The molecule has 0 aromatic heterocycles. The summed E-state index contributed by atoms with van der Waals surface area (Å²) in [6.07, 6.45) is 6.10. The van der Waals surface area contributed by atoms with E-state index in [2.05, 4.69) is 37.5 Å². The number of nitrogens with zero attached hydrogens (tertiary/aromatic N) is 2. The Bertz CT molecular complexity index is 254. The van der Waals surface area contributed by atoms with E-state index in [-0.39, 0.29) is 0 Å². The second kappa shape index (κ2) is 9.81. The number of rotatable bonds is 9. The molecule has 1 N–H and O–H groups in total. The maximum absolute atomic E-state index is 9.25. The molecule has 0 amide bonds. The highest BCUT2D eigenvalue weighted by Gasteiger charge is 2.17. The van der Waals surface area contributed by atoms with E-state index in [0.29, 0.717) is 17.9 Å². The second-order valence-electron chi connectivity index (χ2n) is 7.90. The Kier molecular flexibility index (Phi) is 8.84. The molecular formula is C18H38N2O. The normalized spacial score (nSPS) is 19.9. The van der Waals surface area contributed by atoms with E-state index in [1.807, 2.05) is 0 Å². The van der Waals surface area contributed by atoms with E-state index in [9.17, 15) is 5.11 Å². The summed E-state index contributed by atoms with van der Waals surface area (Å²) in [7, 11) is 0. The van der Waals surface area contributed by atoms with Crippen LogP contribution in [-0.2, 0) is 0 Å². The van der Waals surface area contributed by atoms with Crippen LogP contribution >= 0.6 is 0 Å². The number of aliphatic hydroxyl groups is 1. The van der Waals surface area contributed by atoms with Gasteiger partial charge in [0.15, 0.2) is 0 Å². The third-order valence-corrected chi connectivity index (χ3v) is 4.84. The number of hydrogen-bond donors (Lipinski definition) is 1. The van der Waals surface area contributed by atoms with Gasteiger partial charge in [0, 0.05) is 32.8 Å². The molecule has 0 aromatic rings. The molecule has 1 atom stereocenters. The van der Waals surface area contributed by atoms with Crippen molar-refractivity contribution >= 4 is 0 Å². The number of piperazine rings is 1. The van der Waals surface area contributed by atoms with E-state index in [4.69, 9.17) is 0 Å². The third kappa shape index (κ3) is 8.80. The Morgan fingerprint density at radius 2 is 1.57 bits per heavy atom. The highest BCUT2D eigenvalue weighted by molar-refractivity contribution is 4.72. The van der Waals surface area contributed by atoms with Crippen LogP contribution in [0.15, 0.2) is 0 Å². The van der Waals surface area contributed by atoms with Gasteiger partial charge in [0.2, 0.25) is 0 Å². The molecule has 0 aromatic carbocycles. The van der Waals surface area contributed by atoms with Crippen molar-refractivity contribution < 1.29 is 5.11 Å². The third-order valence-electron chi connectivity index (χ3n) is 4.84. The Labute approximate surface area is 132 Å². The Balaban J connectivity index is 2.18. The zero-order valence-corrected chi connectivity index (χ0v) is 14.9. The number of aliphatic hydroxyl groups excluding tert-OH is 1. The fourth-order valence-electron chi connectivity index (χ4n) is 3.19. The van der Waals surface area contributed by atoms with Crippen LogP contribution in [0.3, 0.4) is 0 Å². The fourth-order valence-corrected chi connectivity index (χ4v) is 3.19. The van der Waals surface area contributed by atoms with Gasteiger partial charge in [-0.15, -0.1) is 0 Å². The lowest BCUT2D eigenvalue weighted by Crippen LogP contribution is -2.46. The van der Waals surface area contributed by atoms with Gasteiger partial charge in [-0.3, -0.25) is 0 Å². The zero-order chi connectivity index (χ0) is 15.7. The SMILES string of the molecule is CCN1CCN(CCC[C@H](CCO)CCC(C)(C)C)CC1. The summed E-state index contributed by atoms with van der Waals surface area (Å²) in [6.45, 7) is 16.9. The Morgan fingerprint density at radius 3 is 2.10 bits per heavy atom. The van der Waals surface area contributed by atoms with E-state index < -0.39 is 0 Å². The van der Waals surface area contributed by atoms with Gasteiger partial charge in [-0.05, 0) is 56.5 Å². The van der Waals surface area contributed by atoms with Gasteiger partial charge >= 0.3 is 0 Å². The minimum absolute atomic E-state index is 0.351. The Hall–Kier alpha value is -0.120. The van der Waals surface area contributed by atoms with Crippen molar-refractivity contribution in [3.63, 3.8) is 0 Å².